The molecule has 2 rings (SSSR count). The van der Waals surface area contributed by atoms with E-state index in [2.05, 4.69) is 20.7 Å². The van der Waals surface area contributed by atoms with E-state index in [4.69, 9.17) is 0 Å². The second kappa shape index (κ2) is 5.99. The summed E-state index contributed by atoms with van der Waals surface area (Å²) in [6.45, 7) is 1.13. The van der Waals surface area contributed by atoms with Gasteiger partial charge in [-0.15, -0.1) is 11.3 Å². The van der Waals surface area contributed by atoms with E-state index in [1.54, 1.807) is 12.3 Å². The van der Waals surface area contributed by atoms with Gasteiger partial charge in [-0.3, -0.25) is 4.72 Å². The Kier molecular flexibility index (Phi) is 4.66. The second-order valence-corrected chi connectivity index (χ2v) is 7.62. The Hall–Kier alpha value is -1.03. The van der Waals surface area contributed by atoms with Gasteiger partial charge in [-0.05, 0) is 39.9 Å². The molecule has 0 aliphatic rings. The van der Waals surface area contributed by atoms with Crippen LogP contribution in [0.15, 0.2) is 26.9 Å². The average molecular weight is 398 g/mol. The number of aryl methyl sites for hydroxylation is 1. The van der Waals surface area contributed by atoms with Crippen molar-refractivity contribution in [1.82, 2.24) is 0 Å². The first-order valence-corrected chi connectivity index (χ1v) is 8.77. The normalized spacial score (nSPS) is 11.7. The topological polar surface area (TPSA) is 66.4 Å². The highest BCUT2D eigenvalue weighted by atomic mass is 79.9. The number of halogens is 3. The van der Waals surface area contributed by atoms with Crippen LogP contribution in [0.5, 0.6) is 0 Å². The van der Waals surface area contributed by atoms with E-state index >= 15 is 0 Å². The van der Waals surface area contributed by atoms with Crippen molar-refractivity contribution in [1.29, 1.82) is 0 Å². The number of hydrogen-bond donors (Lipinski definition) is 2. The third kappa shape index (κ3) is 3.25. The zero-order valence-electron chi connectivity index (χ0n) is 10.7. The lowest BCUT2D eigenvalue weighted by Crippen LogP contribution is -2.16. The maximum atomic E-state index is 13.7. The fourth-order valence-corrected chi connectivity index (χ4v) is 5.17. The summed E-state index contributed by atoms with van der Waals surface area (Å²) >= 11 is 4.00. The number of thiophene rings is 1. The maximum Gasteiger partial charge on any atom is 0.263 e. The molecule has 1 aromatic heterocycles. The van der Waals surface area contributed by atoms with Crippen LogP contribution in [0.3, 0.4) is 0 Å². The molecule has 0 atom stereocenters. The van der Waals surface area contributed by atoms with Crippen molar-refractivity contribution in [2.24, 2.45) is 0 Å². The van der Waals surface area contributed by atoms with Crippen LogP contribution in [0.25, 0.3) is 0 Å². The summed E-state index contributed by atoms with van der Waals surface area (Å²) in [6, 6.07) is 1.53. The molecule has 0 aliphatic heterocycles. The van der Waals surface area contributed by atoms with E-state index in [-0.39, 0.29) is 19.9 Å². The summed E-state index contributed by atoms with van der Waals surface area (Å²) < 4.78 is 53.5. The van der Waals surface area contributed by atoms with Gasteiger partial charge in [0.2, 0.25) is 0 Å². The molecule has 21 heavy (non-hydrogen) atoms. The largest absolute Gasteiger partial charge is 0.391 e. The summed E-state index contributed by atoms with van der Waals surface area (Å²) in [5, 5.41) is 10.8. The number of rotatable bonds is 4. The molecule has 0 saturated carbocycles. The summed E-state index contributed by atoms with van der Waals surface area (Å²) in [4.78, 5) is 0.157. The van der Waals surface area contributed by atoms with Gasteiger partial charge < -0.3 is 5.11 Å². The van der Waals surface area contributed by atoms with Gasteiger partial charge in [-0.2, -0.15) is 0 Å². The highest BCUT2D eigenvalue weighted by Gasteiger charge is 2.25. The molecule has 114 valence electrons. The molecular formula is C12H10BrF2NO3S2. The summed E-state index contributed by atoms with van der Waals surface area (Å²) in [5.41, 5.74) is 0.0566. The zero-order chi connectivity index (χ0) is 15.8. The smallest absolute Gasteiger partial charge is 0.263 e. The van der Waals surface area contributed by atoms with Crippen LogP contribution < -0.4 is 4.72 Å². The molecule has 0 fully saturated rings. The quantitative estimate of drug-likeness (QED) is 0.830. The van der Waals surface area contributed by atoms with Gasteiger partial charge in [0, 0.05) is 10.5 Å². The first-order chi connectivity index (χ1) is 9.76. The monoisotopic (exact) mass is 397 g/mol. The maximum absolute atomic E-state index is 13.7. The standard InChI is InChI=1S/C12H10BrF2NO3S2/c1-6-5-20-10(4-17)12(6)21(18,19)16-11-8(13)2-7(14)3-9(11)15/h2-3,5,16-17H,4H2,1H3. The van der Waals surface area contributed by atoms with Gasteiger partial charge in [0.1, 0.15) is 10.7 Å². The second-order valence-electron chi connectivity index (χ2n) is 4.18. The van der Waals surface area contributed by atoms with E-state index in [9.17, 15) is 22.3 Å². The molecule has 0 spiro atoms. The molecule has 4 nitrogen and oxygen atoms in total. The van der Waals surface area contributed by atoms with Gasteiger partial charge in [-0.1, -0.05) is 0 Å². The Morgan fingerprint density at radius 2 is 2.05 bits per heavy atom. The Morgan fingerprint density at radius 1 is 1.38 bits per heavy atom. The van der Waals surface area contributed by atoms with Gasteiger partial charge in [0.15, 0.2) is 5.82 Å². The molecule has 0 aliphatic carbocycles. The van der Waals surface area contributed by atoms with Gasteiger partial charge >= 0.3 is 0 Å². The minimum atomic E-state index is -4.09. The first kappa shape index (κ1) is 16.3. The van der Waals surface area contributed by atoms with E-state index in [0.717, 1.165) is 17.4 Å². The summed E-state index contributed by atoms with van der Waals surface area (Å²) in [5.74, 6) is -1.87. The van der Waals surface area contributed by atoms with Crippen molar-refractivity contribution in [3.63, 3.8) is 0 Å². The SMILES string of the molecule is Cc1csc(CO)c1S(=O)(=O)Nc1c(F)cc(F)cc1Br. The van der Waals surface area contributed by atoms with Crippen LogP contribution in [0.2, 0.25) is 0 Å². The number of sulfonamides is 1. The molecule has 0 unspecified atom stereocenters. The Morgan fingerprint density at radius 3 is 2.62 bits per heavy atom. The molecule has 0 saturated heterocycles. The number of nitrogens with one attached hydrogen (secondary N) is 1. The number of aliphatic hydroxyl groups excluding tert-OH is 1. The predicted octanol–water partition coefficient (Wildman–Crippen LogP) is 3.39. The lowest BCUT2D eigenvalue weighted by atomic mass is 10.3. The summed E-state index contributed by atoms with van der Waals surface area (Å²) in [7, 11) is -4.09. The molecule has 9 heteroatoms. The van der Waals surface area contributed by atoms with Gasteiger partial charge in [0.05, 0.1) is 17.2 Å². The van der Waals surface area contributed by atoms with Crippen molar-refractivity contribution < 1.29 is 22.3 Å². The minimum absolute atomic E-state index is 0.0537. The van der Waals surface area contributed by atoms with E-state index in [0.29, 0.717) is 11.6 Å². The molecule has 1 aromatic carbocycles. The summed E-state index contributed by atoms with van der Waals surface area (Å²) in [6.07, 6.45) is 0. The van der Waals surface area contributed by atoms with Crippen molar-refractivity contribution >= 4 is 43.0 Å². The Balaban J connectivity index is 2.50. The van der Waals surface area contributed by atoms with Crippen LogP contribution in [0.4, 0.5) is 14.5 Å². The fourth-order valence-electron chi connectivity index (χ4n) is 1.78. The van der Waals surface area contributed by atoms with E-state index < -0.39 is 28.3 Å². The molecule has 2 N–H and O–H groups in total. The highest BCUT2D eigenvalue weighted by Crippen LogP contribution is 2.32. The third-order valence-corrected chi connectivity index (χ3v) is 6.07. The number of aliphatic hydroxyl groups is 1. The fraction of sp³-hybridized carbons (Fsp3) is 0.167. The molecule has 0 radical (unpaired) electrons. The molecule has 1 heterocycles. The number of benzene rings is 1. The van der Waals surface area contributed by atoms with Crippen LogP contribution in [-0.4, -0.2) is 13.5 Å². The lowest BCUT2D eigenvalue weighted by Gasteiger charge is -2.12. The molecule has 0 bridgehead atoms. The Bertz CT molecular complexity index is 767. The van der Waals surface area contributed by atoms with Crippen LogP contribution in [0.1, 0.15) is 10.4 Å². The van der Waals surface area contributed by atoms with Crippen LogP contribution >= 0.6 is 27.3 Å². The van der Waals surface area contributed by atoms with E-state index in [1.165, 1.54) is 0 Å². The van der Waals surface area contributed by atoms with Crippen molar-refractivity contribution in [3.8, 4) is 0 Å². The average Bonchev–Trinajstić information content (AvgIpc) is 2.76. The molecule has 2 aromatic rings. The third-order valence-electron chi connectivity index (χ3n) is 2.65. The van der Waals surface area contributed by atoms with Crippen LogP contribution in [0, 0.1) is 18.6 Å². The first-order valence-electron chi connectivity index (χ1n) is 5.61. The van der Waals surface area contributed by atoms with Crippen molar-refractivity contribution in [2.45, 2.75) is 18.4 Å². The zero-order valence-corrected chi connectivity index (χ0v) is 13.9. The Labute approximate surface area is 132 Å². The molecular weight excluding hydrogens is 388 g/mol. The van der Waals surface area contributed by atoms with E-state index in [1.807, 2.05) is 0 Å². The minimum Gasteiger partial charge on any atom is -0.391 e. The van der Waals surface area contributed by atoms with Crippen LogP contribution in [-0.2, 0) is 16.6 Å². The van der Waals surface area contributed by atoms with Crippen molar-refractivity contribution in [3.05, 3.63) is 44.1 Å². The van der Waals surface area contributed by atoms with Gasteiger partial charge in [-0.25, -0.2) is 17.2 Å². The van der Waals surface area contributed by atoms with Gasteiger partial charge in [0.25, 0.3) is 10.0 Å². The van der Waals surface area contributed by atoms with Crippen molar-refractivity contribution in [2.75, 3.05) is 4.72 Å². The predicted molar refractivity (Wildman–Crippen MR) is 79.8 cm³/mol. The lowest BCUT2D eigenvalue weighted by molar-refractivity contribution is 0.282. The number of anilines is 1. The molecule has 0 amide bonds. The highest BCUT2D eigenvalue weighted by molar-refractivity contribution is 9.10. The number of hydrogen-bond acceptors (Lipinski definition) is 4.